The summed E-state index contributed by atoms with van der Waals surface area (Å²) >= 11 is 0. The Morgan fingerprint density at radius 3 is 2.83 bits per heavy atom. The van der Waals surface area contributed by atoms with E-state index in [1.54, 1.807) is 4.90 Å². The largest absolute Gasteiger partial charge is 0.492 e. The molecule has 2 amide bonds. The van der Waals surface area contributed by atoms with Gasteiger partial charge in [-0.3, -0.25) is 9.59 Å². The van der Waals surface area contributed by atoms with Crippen LogP contribution in [-0.4, -0.2) is 35.9 Å². The second-order valence-corrected chi connectivity index (χ2v) is 6.03. The lowest BCUT2D eigenvalue weighted by Crippen LogP contribution is -2.43. The summed E-state index contributed by atoms with van der Waals surface area (Å²) in [5.41, 5.74) is 0.308. The molecular weight excluding hydrogens is 299 g/mol. The minimum atomic E-state index is -0.471. The lowest BCUT2D eigenvalue weighted by Gasteiger charge is -2.24. The fourth-order valence-electron chi connectivity index (χ4n) is 2.97. The molecule has 1 aliphatic carbocycles. The Morgan fingerprint density at radius 1 is 1.35 bits per heavy atom. The van der Waals surface area contributed by atoms with Gasteiger partial charge in [-0.25, -0.2) is 4.39 Å². The molecule has 0 unspecified atom stereocenters. The topological polar surface area (TPSA) is 58.6 Å². The molecule has 1 saturated carbocycles. The summed E-state index contributed by atoms with van der Waals surface area (Å²) in [5.74, 6) is -0.118. The van der Waals surface area contributed by atoms with Crippen LogP contribution in [0.3, 0.4) is 0 Å². The number of likely N-dealkylation sites (tertiary alicyclic amines) is 1. The fourth-order valence-corrected chi connectivity index (χ4v) is 2.97. The van der Waals surface area contributed by atoms with Crippen molar-refractivity contribution >= 4 is 17.5 Å². The van der Waals surface area contributed by atoms with Crippen LogP contribution in [0, 0.1) is 11.7 Å². The number of carbonyl (C=O) groups is 2. The van der Waals surface area contributed by atoms with Crippen LogP contribution in [0.1, 0.15) is 32.6 Å². The van der Waals surface area contributed by atoms with E-state index in [2.05, 4.69) is 5.32 Å². The third-order valence-electron chi connectivity index (χ3n) is 4.26. The van der Waals surface area contributed by atoms with E-state index in [1.165, 1.54) is 18.2 Å². The van der Waals surface area contributed by atoms with Crippen LogP contribution in [0.5, 0.6) is 5.75 Å². The predicted octanol–water partition coefficient (Wildman–Crippen LogP) is 2.56. The third kappa shape index (κ3) is 3.46. The molecule has 6 heteroatoms. The van der Waals surface area contributed by atoms with Crippen LogP contribution in [0.25, 0.3) is 0 Å². The number of rotatable bonds is 5. The van der Waals surface area contributed by atoms with E-state index >= 15 is 0 Å². The molecule has 1 aromatic rings. The van der Waals surface area contributed by atoms with E-state index in [-0.39, 0.29) is 17.7 Å². The average Bonchev–Trinajstić information content (AvgIpc) is 3.26. The van der Waals surface area contributed by atoms with Crippen molar-refractivity contribution in [2.45, 2.75) is 38.6 Å². The van der Waals surface area contributed by atoms with Gasteiger partial charge < -0.3 is 15.0 Å². The second kappa shape index (κ2) is 6.56. The summed E-state index contributed by atoms with van der Waals surface area (Å²) in [6.45, 7) is 2.86. The number of benzene rings is 1. The lowest BCUT2D eigenvalue weighted by atomic mass is 10.2. The maximum atomic E-state index is 13.5. The molecule has 1 saturated heterocycles. The summed E-state index contributed by atoms with van der Waals surface area (Å²) < 4.78 is 18.9. The van der Waals surface area contributed by atoms with Crippen molar-refractivity contribution < 1.29 is 18.7 Å². The van der Waals surface area contributed by atoms with Crippen molar-refractivity contribution in [3.63, 3.8) is 0 Å². The molecule has 1 aromatic carbocycles. The smallest absolute Gasteiger partial charge is 0.247 e. The zero-order valence-electron chi connectivity index (χ0n) is 13.2. The van der Waals surface area contributed by atoms with Crippen molar-refractivity contribution in [3.8, 4) is 5.75 Å². The first-order chi connectivity index (χ1) is 11.1. The fraction of sp³-hybridized carbons (Fsp3) is 0.529. The number of anilines is 1. The zero-order valence-corrected chi connectivity index (χ0v) is 13.2. The van der Waals surface area contributed by atoms with Gasteiger partial charge >= 0.3 is 0 Å². The first-order valence-corrected chi connectivity index (χ1v) is 8.14. The molecule has 0 radical (unpaired) electrons. The lowest BCUT2D eigenvalue weighted by molar-refractivity contribution is -0.137. The van der Waals surface area contributed by atoms with Gasteiger partial charge in [0.15, 0.2) is 0 Å². The highest BCUT2D eigenvalue weighted by atomic mass is 19.1. The van der Waals surface area contributed by atoms with Gasteiger partial charge in [0.25, 0.3) is 0 Å². The Kier molecular flexibility index (Phi) is 4.50. The average molecular weight is 320 g/mol. The summed E-state index contributed by atoms with van der Waals surface area (Å²) in [6.07, 6.45) is 3.30. The Hall–Kier alpha value is -2.11. The maximum absolute atomic E-state index is 13.5. The summed E-state index contributed by atoms with van der Waals surface area (Å²) in [6, 6.07) is 3.56. The van der Waals surface area contributed by atoms with Gasteiger partial charge in [0.1, 0.15) is 17.6 Å². The quantitative estimate of drug-likeness (QED) is 0.907. The van der Waals surface area contributed by atoms with Gasteiger partial charge in [-0.15, -0.1) is 0 Å². The number of amides is 2. The van der Waals surface area contributed by atoms with Gasteiger partial charge in [0, 0.05) is 18.5 Å². The highest BCUT2D eigenvalue weighted by Gasteiger charge is 2.40. The van der Waals surface area contributed by atoms with Crippen LogP contribution >= 0.6 is 0 Å². The molecule has 1 N–H and O–H groups in total. The normalized spacial score (nSPS) is 20.4. The van der Waals surface area contributed by atoms with E-state index in [4.69, 9.17) is 4.74 Å². The first-order valence-electron chi connectivity index (χ1n) is 8.14. The highest BCUT2D eigenvalue weighted by molar-refractivity contribution is 5.99. The first kappa shape index (κ1) is 15.8. The number of carbonyl (C=O) groups excluding carboxylic acids is 2. The molecule has 2 fully saturated rings. The molecule has 0 bridgehead atoms. The SMILES string of the molecule is CCOc1ccc(F)cc1NC(=O)[C@@H]1CCCN1C(=O)C1CC1. The minimum Gasteiger partial charge on any atom is -0.492 e. The van der Waals surface area contributed by atoms with Crippen molar-refractivity contribution in [1.82, 2.24) is 4.90 Å². The van der Waals surface area contributed by atoms with Crippen LogP contribution in [0.2, 0.25) is 0 Å². The minimum absolute atomic E-state index is 0.0759. The molecule has 1 aliphatic heterocycles. The number of ether oxygens (including phenoxy) is 1. The third-order valence-corrected chi connectivity index (χ3v) is 4.26. The maximum Gasteiger partial charge on any atom is 0.247 e. The van der Waals surface area contributed by atoms with Gasteiger partial charge in [0.2, 0.25) is 11.8 Å². The highest BCUT2D eigenvalue weighted by Crippen LogP contribution is 2.34. The molecule has 0 spiro atoms. The molecule has 23 heavy (non-hydrogen) atoms. The summed E-state index contributed by atoms with van der Waals surface area (Å²) in [4.78, 5) is 26.5. The zero-order chi connectivity index (χ0) is 16.4. The van der Waals surface area contributed by atoms with Crippen LogP contribution in [0.4, 0.5) is 10.1 Å². The number of hydrogen-bond acceptors (Lipinski definition) is 3. The van der Waals surface area contributed by atoms with Crippen molar-refractivity contribution in [1.29, 1.82) is 0 Å². The van der Waals surface area contributed by atoms with Crippen LogP contribution in [0.15, 0.2) is 18.2 Å². The van der Waals surface area contributed by atoms with Crippen molar-refractivity contribution in [3.05, 3.63) is 24.0 Å². The van der Waals surface area contributed by atoms with E-state index in [0.29, 0.717) is 31.0 Å². The van der Waals surface area contributed by atoms with Gasteiger partial charge in [-0.2, -0.15) is 0 Å². The van der Waals surface area contributed by atoms with Crippen LogP contribution in [-0.2, 0) is 9.59 Å². The number of nitrogens with one attached hydrogen (secondary N) is 1. The monoisotopic (exact) mass is 320 g/mol. The molecule has 124 valence electrons. The van der Waals surface area contributed by atoms with E-state index in [0.717, 1.165) is 19.3 Å². The van der Waals surface area contributed by atoms with Crippen LogP contribution < -0.4 is 10.1 Å². The molecule has 5 nitrogen and oxygen atoms in total. The second-order valence-electron chi connectivity index (χ2n) is 6.03. The Labute approximate surface area is 134 Å². The Bertz CT molecular complexity index is 616. The van der Waals surface area contributed by atoms with Crippen molar-refractivity contribution in [2.24, 2.45) is 5.92 Å². The molecule has 3 rings (SSSR count). The number of halogens is 1. The molecule has 1 heterocycles. The molecule has 1 atom stereocenters. The van der Waals surface area contributed by atoms with Gasteiger partial charge in [0.05, 0.1) is 12.3 Å². The number of hydrogen-bond donors (Lipinski definition) is 1. The van der Waals surface area contributed by atoms with E-state index in [1.807, 2.05) is 6.92 Å². The molecule has 0 aromatic heterocycles. The van der Waals surface area contributed by atoms with E-state index in [9.17, 15) is 14.0 Å². The number of nitrogens with zero attached hydrogens (tertiary/aromatic N) is 1. The Balaban J connectivity index is 1.73. The van der Waals surface area contributed by atoms with Gasteiger partial charge in [-0.1, -0.05) is 0 Å². The summed E-state index contributed by atoms with van der Waals surface area (Å²) in [5, 5.41) is 2.72. The van der Waals surface area contributed by atoms with Crippen molar-refractivity contribution in [2.75, 3.05) is 18.5 Å². The summed E-state index contributed by atoms with van der Waals surface area (Å²) in [7, 11) is 0. The standard InChI is InChI=1S/C17H21FN2O3/c1-2-23-15-8-7-12(18)10-13(15)19-16(21)14-4-3-9-20(14)17(22)11-5-6-11/h7-8,10-11,14H,2-6,9H2,1H3,(H,19,21)/t14-/m0/s1. The Morgan fingerprint density at radius 2 is 2.13 bits per heavy atom. The predicted molar refractivity (Wildman–Crippen MR) is 83.7 cm³/mol. The van der Waals surface area contributed by atoms with E-state index < -0.39 is 11.9 Å². The van der Waals surface area contributed by atoms with Gasteiger partial charge in [-0.05, 0) is 44.7 Å². The molecular formula is C17H21FN2O3. The molecule has 2 aliphatic rings.